The molecule has 2 rings (SSSR count). The molecule has 0 spiro atoms. The molecule has 0 fully saturated rings. The van der Waals surface area contributed by atoms with Gasteiger partial charge in [-0.05, 0) is 0 Å². The van der Waals surface area contributed by atoms with Crippen molar-refractivity contribution in [1.82, 2.24) is 18.3 Å². The second kappa shape index (κ2) is 5.84. The Morgan fingerprint density at radius 2 is 1.16 bits per heavy atom. The third-order valence-corrected chi connectivity index (χ3v) is 5.03. The van der Waals surface area contributed by atoms with E-state index in [-0.39, 0.29) is 0 Å². The molecule has 0 N–H and O–H groups in total. The fourth-order valence-corrected chi connectivity index (χ4v) is 3.66. The number of hydrogen-bond donors (Lipinski definition) is 0. The average Bonchev–Trinajstić information content (AvgIpc) is 2.85. The molecule has 0 saturated heterocycles. The third-order valence-electron chi connectivity index (χ3n) is 3.16. The fourth-order valence-electron chi connectivity index (χ4n) is 2.02. The van der Waals surface area contributed by atoms with E-state index in [9.17, 15) is 0 Å². The van der Waals surface area contributed by atoms with E-state index < -0.39 is 0 Å². The summed E-state index contributed by atoms with van der Waals surface area (Å²) in [7, 11) is 0. The van der Waals surface area contributed by atoms with Gasteiger partial charge in [-0.3, -0.25) is 0 Å². The summed E-state index contributed by atoms with van der Waals surface area (Å²) in [5.74, 6) is 0. The quantitative estimate of drug-likeness (QED) is 0.712. The summed E-state index contributed by atoms with van der Waals surface area (Å²) in [6.45, 7) is 9.56. The minimum absolute atomic E-state index is 0.468. The van der Waals surface area contributed by atoms with Gasteiger partial charge in [-0.25, -0.2) is 0 Å². The summed E-state index contributed by atoms with van der Waals surface area (Å²) in [6.07, 6.45) is 8.47. The summed E-state index contributed by atoms with van der Waals surface area (Å²) in [6, 6.07) is 0.936. The monoisotopic (exact) mass is 392 g/mol. The Balaban J connectivity index is 2.32. The zero-order valence-electron chi connectivity index (χ0n) is 11.8. The Hall–Kier alpha value is -0.541. The van der Waals surface area contributed by atoms with Gasteiger partial charge in [-0.2, -0.15) is 0 Å². The Bertz CT molecular complexity index is 611. The summed E-state index contributed by atoms with van der Waals surface area (Å²) in [4.78, 5) is 0. The van der Waals surface area contributed by atoms with Gasteiger partial charge in [0.15, 0.2) is 0 Å². The van der Waals surface area contributed by atoms with E-state index >= 15 is 0 Å². The van der Waals surface area contributed by atoms with Crippen molar-refractivity contribution in [3.05, 3.63) is 33.4 Å². The number of aromatic nitrogens is 4. The SMILES string of the molecule is CC(C)n1ccn(Cn2ccn(C(C)C)c2=[Se])c1=[Se]. The normalized spacial score (nSPS) is 11.7. The third kappa shape index (κ3) is 2.97. The second-order valence-corrected chi connectivity index (χ2v) is 6.78. The molecule has 2 aromatic heterocycles. The van der Waals surface area contributed by atoms with Gasteiger partial charge >= 0.3 is 129 Å². The number of imidazole rings is 2. The summed E-state index contributed by atoms with van der Waals surface area (Å²) >= 11 is 6.33. The Labute approximate surface area is 129 Å². The van der Waals surface area contributed by atoms with Crippen molar-refractivity contribution >= 4 is 31.2 Å². The molecule has 4 nitrogen and oxygen atoms in total. The van der Waals surface area contributed by atoms with E-state index in [2.05, 4.69) is 102 Å². The Kier molecular flexibility index (Phi) is 4.57. The van der Waals surface area contributed by atoms with Gasteiger partial charge in [0.25, 0.3) is 0 Å². The van der Waals surface area contributed by atoms with Gasteiger partial charge in [0.1, 0.15) is 0 Å². The number of hydrogen-bond acceptors (Lipinski definition) is 0. The van der Waals surface area contributed by atoms with E-state index in [1.807, 2.05) is 0 Å². The molecule has 19 heavy (non-hydrogen) atoms. The van der Waals surface area contributed by atoms with Crippen LogP contribution in [0.1, 0.15) is 39.8 Å². The van der Waals surface area contributed by atoms with Crippen molar-refractivity contribution in [3.8, 4) is 0 Å². The summed E-state index contributed by atoms with van der Waals surface area (Å²) in [5.41, 5.74) is 0. The van der Waals surface area contributed by atoms with Crippen LogP contribution in [0.4, 0.5) is 0 Å². The van der Waals surface area contributed by atoms with Gasteiger partial charge in [-0.15, -0.1) is 0 Å². The first-order chi connectivity index (χ1) is 8.91. The van der Waals surface area contributed by atoms with E-state index in [0.29, 0.717) is 12.1 Å². The van der Waals surface area contributed by atoms with Crippen LogP contribution in [0.25, 0.3) is 0 Å². The predicted octanol–water partition coefficient (Wildman–Crippen LogP) is 1.96. The topological polar surface area (TPSA) is 19.7 Å². The van der Waals surface area contributed by atoms with E-state index in [1.54, 1.807) is 0 Å². The minimum atomic E-state index is 0.468. The molecule has 0 aliphatic carbocycles. The van der Waals surface area contributed by atoms with Crippen molar-refractivity contribution in [2.24, 2.45) is 0 Å². The molecule has 0 amide bonds. The van der Waals surface area contributed by atoms with Crippen molar-refractivity contribution in [2.75, 3.05) is 0 Å². The molecule has 0 radical (unpaired) electrons. The first kappa shape index (κ1) is 14.9. The molecule has 0 aliphatic rings. The van der Waals surface area contributed by atoms with Crippen molar-refractivity contribution in [3.63, 3.8) is 0 Å². The summed E-state index contributed by atoms with van der Waals surface area (Å²) in [5, 5.41) is 0. The second-order valence-electron chi connectivity index (χ2n) is 5.24. The first-order valence-corrected chi connectivity index (χ1v) is 8.17. The molecule has 0 saturated carbocycles. The zero-order chi connectivity index (χ0) is 14.2. The van der Waals surface area contributed by atoms with Gasteiger partial charge in [0, 0.05) is 0 Å². The zero-order valence-corrected chi connectivity index (χ0v) is 15.2. The van der Waals surface area contributed by atoms with Gasteiger partial charge in [-0.1, -0.05) is 0 Å². The molecule has 6 heteroatoms. The molecular weight excluding hydrogens is 370 g/mol. The van der Waals surface area contributed by atoms with Crippen LogP contribution in [0.2, 0.25) is 0 Å². The fraction of sp³-hybridized carbons (Fsp3) is 0.538. The van der Waals surface area contributed by atoms with Crippen LogP contribution in [0.3, 0.4) is 0 Å². The number of nitrogens with zero attached hydrogens (tertiary/aromatic N) is 4. The van der Waals surface area contributed by atoms with Crippen LogP contribution >= 0.6 is 0 Å². The molecule has 0 aromatic carbocycles. The van der Waals surface area contributed by atoms with Crippen molar-refractivity contribution < 1.29 is 0 Å². The molecule has 104 valence electrons. The van der Waals surface area contributed by atoms with Crippen molar-refractivity contribution in [1.29, 1.82) is 0 Å². The molecule has 0 atom stereocenters. The van der Waals surface area contributed by atoms with Gasteiger partial charge in [0.2, 0.25) is 0 Å². The Morgan fingerprint density at radius 3 is 1.42 bits per heavy atom. The van der Waals surface area contributed by atoms with Crippen LogP contribution in [0.15, 0.2) is 24.8 Å². The average molecular weight is 390 g/mol. The van der Waals surface area contributed by atoms with Crippen LogP contribution in [-0.4, -0.2) is 49.4 Å². The van der Waals surface area contributed by atoms with Crippen LogP contribution in [-0.2, 0) is 6.67 Å². The summed E-state index contributed by atoms with van der Waals surface area (Å²) < 4.78 is 11.2. The number of rotatable bonds is 4. The van der Waals surface area contributed by atoms with Crippen LogP contribution < -0.4 is 0 Å². The van der Waals surface area contributed by atoms with Crippen molar-refractivity contribution in [2.45, 2.75) is 46.4 Å². The standard InChI is InChI=1S/C13H20N4Se2/c1-10(2)16-7-5-14(12(16)18)9-15-6-8-17(11(3)4)13(15)19/h5-8,10-11H,9H2,1-4H3. The van der Waals surface area contributed by atoms with Crippen LogP contribution in [0.5, 0.6) is 0 Å². The van der Waals surface area contributed by atoms with Crippen LogP contribution in [0, 0.1) is 8.65 Å². The van der Waals surface area contributed by atoms with E-state index in [1.165, 1.54) is 0 Å². The molecule has 2 heterocycles. The molecular formula is C13H20N4Se2. The molecule has 0 unspecified atom stereocenters. The maximum atomic E-state index is 3.17. The molecule has 0 bridgehead atoms. The molecule has 2 aromatic rings. The van der Waals surface area contributed by atoms with Gasteiger partial charge in [0.05, 0.1) is 0 Å². The molecule has 0 aliphatic heterocycles. The Morgan fingerprint density at radius 1 is 0.789 bits per heavy atom. The first-order valence-electron chi connectivity index (χ1n) is 6.46. The van der Waals surface area contributed by atoms with Gasteiger partial charge < -0.3 is 0 Å². The van der Waals surface area contributed by atoms with E-state index in [4.69, 9.17) is 0 Å². The maximum absolute atomic E-state index is 3.17. The predicted molar refractivity (Wildman–Crippen MR) is 79.0 cm³/mol. The van der Waals surface area contributed by atoms with E-state index in [0.717, 1.165) is 15.3 Å².